The lowest BCUT2D eigenvalue weighted by atomic mass is 10.0. The first-order chi connectivity index (χ1) is 12.5. The molecule has 7 nitrogen and oxygen atoms in total. The van der Waals surface area contributed by atoms with Crippen molar-refractivity contribution in [2.24, 2.45) is 10.7 Å². The minimum Gasteiger partial charge on any atom is -0.402 e. The molecular weight excluding hydrogens is 326 g/mol. The number of allylic oxidation sites excluding steroid dienone is 2. The summed E-state index contributed by atoms with van der Waals surface area (Å²) in [5, 5.41) is 15.6. The third kappa shape index (κ3) is 6.40. The molecule has 0 bridgehead atoms. The van der Waals surface area contributed by atoms with E-state index in [0.717, 1.165) is 24.8 Å². The van der Waals surface area contributed by atoms with E-state index in [-0.39, 0.29) is 0 Å². The summed E-state index contributed by atoms with van der Waals surface area (Å²) >= 11 is 0. The van der Waals surface area contributed by atoms with Gasteiger partial charge in [0, 0.05) is 42.3 Å². The molecule has 1 aromatic heterocycles. The van der Waals surface area contributed by atoms with Gasteiger partial charge in [0.15, 0.2) is 0 Å². The van der Waals surface area contributed by atoms with Crippen molar-refractivity contribution < 1.29 is 0 Å². The van der Waals surface area contributed by atoms with Crippen LogP contribution in [0.5, 0.6) is 0 Å². The summed E-state index contributed by atoms with van der Waals surface area (Å²) in [6.07, 6.45) is 10.4. The highest BCUT2D eigenvalue weighted by Gasteiger charge is 2.13. The van der Waals surface area contributed by atoms with Gasteiger partial charge >= 0.3 is 0 Å². The number of hydrogen-bond donors (Lipinski definition) is 4. The molecule has 1 rings (SSSR count). The highest BCUT2D eigenvalue weighted by Crippen LogP contribution is 2.26. The Kier molecular flexibility index (Phi) is 9.18. The number of nitrogens with two attached hydrogens (primary N) is 3. The van der Waals surface area contributed by atoms with E-state index in [4.69, 9.17) is 27.9 Å². The average molecular weight is 353 g/mol. The smallest absolute Gasteiger partial charge is 0.135 e. The predicted molar refractivity (Wildman–Crippen MR) is 109 cm³/mol. The molecule has 7 N–H and O–H groups in total. The Morgan fingerprint density at radius 3 is 2.73 bits per heavy atom. The average Bonchev–Trinajstić information content (AvgIpc) is 2.62. The lowest BCUT2D eigenvalue weighted by Gasteiger charge is -2.14. The number of aromatic nitrogens is 1. The van der Waals surface area contributed by atoms with E-state index in [2.05, 4.69) is 22.6 Å². The minimum atomic E-state index is 0.324. The maximum atomic E-state index is 8.53. The van der Waals surface area contributed by atoms with Crippen LogP contribution >= 0.6 is 0 Å². The van der Waals surface area contributed by atoms with E-state index in [0.29, 0.717) is 54.3 Å². The van der Waals surface area contributed by atoms with Crippen molar-refractivity contribution in [3.63, 3.8) is 0 Å². The third-order valence-corrected chi connectivity index (χ3v) is 3.87. The Morgan fingerprint density at radius 1 is 1.31 bits per heavy atom. The van der Waals surface area contributed by atoms with Crippen LogP contribution in [0.2, 0.25) is 0 Å². The van der Waals surface area contributed by atoms with Gasteiger partial charge in [-0.05, 0) is 44.3 Å². The lowest BCUT2D eigenvalue weighted by Crippen LogP contribution is -2.10. The number of nitrogens with one attached hydrogen (secondary N) is 1. The number of nitrogen functional groups attached to an aromatic ring is 2. The first kappa shape index (κ1) is 20.9. The molecule has 0 saturated heterocycles. The molecule has 26 heavy (non-hydrogen) atoms. The standard InChI is InChI=1S/C19H27N7/c1-2-17-15(8-6-7-14(22)9-11-21)18(23)16(19(24)26-17)13-25-12-5-3-4-10-20/h2,9,11,13,21H,1,3-8,12,22H2,(H4,23,24,26). The molecule has 0 atom stereocenters. The molecule has 0 aliphatic carbocycles. The van der Waals surface area contributed by atoms with Crippen molar-refractivity contribution in [1.82, 2.24) is 4.98 Å². The van der Waals surface area contributed by atoms with Gasteiger partial charge in [-0.3, -0.25) is 4.99 Å². The summed E-state index contributed by atoms with van der Waals surface area (Å²) < 4.78 is 0. The topological polar surface area (TPSA) is 151 Å². The largest absolute Gasteiger partial charge is 0.402 e. The lowest BCUT2D eigenvalue weighted by molar-refractivity contribution is 0.766. The van der Waals surface area contributed by atoms with Crippen molar-refractivity contribution in [3.8, 4) is 6.07 Å². The number of anilines is 2. The fourth-order valence-electron chi connectivity index (χ4n) is 2.49. The second kappa shape index (κ2) is 11.4. The Hall–Kier alpha value is -3.14. The molecule has 0 spiro atoms. The van der Waals surface area contributed by atoms with E-state index in [1.165, 1.54) is 6.21 Å². The molecular formula is C19H27N7. The monoisotopic (exact) mass is 353 g/mol. The SMILES string of the molecule is C=Cc1nc(N)c(C=NCCCCC#N)c(N)c1CCCC(N)=CC=N. The van der Waals surface area contributed by atoms with Gasteiger partial charge in [0.1, 0.15) is 5.82 Å². The van der Waals surface area contributed by atoms with E-state index in [1.54, 1.807) is 18.4 Å². The maximum absolute atomic E-state index is 8.53. The number of pyridine rings is 1. The molecule has 7 heteroatoms. The van der Waals surface area contributed by atoms with Crippen LogP contribution < -0.4 is 17.2 Å². The number of unbranched alkanes of at least 4 members (excludes halogenated alkanes) is 2. The summed E-state index contributed by atoms with van der Waals surface area (Å²) in [5.74, 6) is 0.324. The molecule has 1 heterocycles. The van der Waals surface area contributed by atoms with Gasteiger partial charge in [0.05, 0.1) is 17.3 Å². The molecule has 138 valence electrons. The molecule has 0 aromatic carbocycles. The molecule has 1 aromatic rings. The quantitative estimate of drug-likeness (QED) is 0.356. The minimum absolute atomic E-state index is 0.324. The Bertz CT molecular complexity index is 726. The molecule has 0 radical (unpaired) electrons. The summed E-state index contributed by atoms with van der Waals surface area (Å²) in [6, 6.07) is 2.11. The Labute approximate surface area is 154 Å². The van der Waals surface area contributed by atoms with Crippen LogP contribution in [0.1, 0.15) is 48.9 Å². The Balaban J connectivity index is 2.91. The number of nitrogens with zero attached hydrogens (tertiary/aromatic N) is 3. The zero-order chi connectivity index (χ0) is 19.4. The number of rotatable bonds is 11. The molecule has 0 unspecified atom stereocenters. The van der Waals surface area contributed by atoms with E-state index in [9.17, 15) is 0 Å². The van der Waals surface area contributed by atoms with Crippen molar-refractivity contribution >= 4 is 30.0 Å². The van der Waals surface area contributed by atoms with Gasteiger partial charge in [0.25, 0.3) is 0 Å². The van der Waals surface area contributed by atoms with Crippen LogP contribution in [0.3, 0.4) is 0 Å². The van der Waals surface area contributed by atoms with Crippen molar-refractivity contribution in [1.29, 1.82) is 10.7 Å². The van der Waals surface area contributed by atoms with Gasteiger partial charge in [-0.1, -0.05) is 6.58 Å². The van der Waals surface area contributed by atoms with Gasteiger partial charge < -0.3 is 22.6 Å². The first-order valence-electron chi connectivity index (χ1n) is 8.57. The van der Waals surface area contributed by atoms with Gasteiger partial charge in [-0.25, -0.2) is 4.98 Å². The fraction of sp³-hybridized carbons (Fsp3) is 0.368. The van der Waals surface area contributed by atoms with Crippen molar-refractivity contribution in [3.05, 3.63) is 35.2 Å². The number of aliphatic imine (C=N–C) groups is 1. The summed E-state index contributed by atoms with van der Waals surface area (Å²) in [7, 11) is 0. The molecule has 0 saturated carbocycles. The molecule has 0 aliphatic heterocycles. The van der Waals surface area contributed by atoms with Crippen molar-refractivity contribution in [2.45, 2.75) is 38.5 Å². The second-order valence-corrected chi connectivity index (χ2v) is 5.80. The van der Waals surface area contributed by atoms with Crippen LogP contribution in [0.4, 0.5) is 11.5 Å². The molecule has 0 amide bonds. The fourth-order valence-corrected chi connectivity index (χ4v) is 2.49. The number of hydrogen-bond acceptors (Lipinski definition) is 7. The van der Waals surface area contributed by atoms with E-state index >= 15 is 0 Å². The summed E-state index contributed by atoms with van der Waals surface area (Å²) in [5.41, 5.74) is 21.5. The normalized spacial score (nSPS) is 11.4. The Morgan fingerprint density at radius 2 is 2.08 bits per heavy atom. The second-order valence-electron chi connectivity index (χ2n) is 5.80. The van der Waals surface area contributed by atoms with Crippen molar-refractivity contribution in [2.75, 3.05) is 18.0 Å². The van der Waals surface area contributed by atoms with Crippen LogP contribution in [-0.4, -0.2) is 24.0 Å². The summed E-state index contributed by atoms with van der Waals surface area (Å²) in [6.45, 7) is 4.40. The van der Waals surface area contributed by atoms with Gasteiger partial charge in [-0.2, -0.15) is 5.26 Å². The highest BCUT2D eigenvalue weighted by molar-refractivity contribution is 5.94. The number of nitriles is 1. The van der Waals surface area contributed by atoms with Gasteiger partial charge in [-0.15, -0.1) is 0 Å². The van der Waals surface area contributed by atoms with Crippen LogP contribution in [0.15, 0.2) is 23.3 Å². The van der Waals surface area contributed by atoms with Gasteiger partial charge in [0.2, 0.25) is 0 Å². The maximum Gasteiger partial charge on any atom is 0.135 e. The summed E-state index contributed by atoms with van der Waals surface area (Å²) in [4.78, 5) is 8.73. The van der Waals surface area contributed by atoms with E-state index < -0.39 is 0 Å². The van der Waals surface area contributed by atoms with E-state index in [1.807, 2.05) is 0 Å². The third-order valence-electron chi connectivity index (χ3n) is 3.87. The molecule has 0 fully saturated rings. The highest BCUT2D eigenvalue weighted by atomic mass is 14.9. The van der Waals surface area contributed by atoms with Crippen LogP contribution in [0, 0.1) is 16.7 Å². The predicted octanol–water partition coefficient (Wildman–Crippen LogP) is 2.82. The van der Waals surface area contributed by atoms with Crippen LogP contribution in [0.25, 0.3) is 6.08 Å². The zero-order valence-electron chi connectivity index (χ0n) is 15.0. The first-order valence-corrected chi connectivity index (χ1v) is 8.57. The zero-order valence-corrected chi connectivity index (χ0v) is 15.0. The molecule has 0 aliphatic rings. The van der Waals surface area contributed by atoms with Crippen LogP contribution in [-0.2, 0) is 6.42 Å².